The van der Waals surface area contributed by atoms with Crippen molar-refractivity contribution in [2.75, 3.05) is 0 Å². The normalized spacial score (nSPS) is 13.1. The molecule has 0 atom stereocenters. The van der Waals surface area contributed by atoms with E-state index in [-0.39, 0.29) is 12.3 Å². The quantitative estimate of drug-likeness (QED) is 0.0275. The van der Waals surface area contributed by atoms with Crippen LogP contribution < -0.4 is 31.2 Å². The first-order valence-corrected chi connectivity index (χ1v) is 26.4. The smallest absolute Gasteiger partial charge is 0.416 e. The molecule has 0 saturated carbocycles. The number of Topliss-reactive ketones (excluding diaryl/α,β-unsaturated/α-hetero) is 1. The van der Waals surface area contributed by atoms with E-state index in [1.807, 2.05) is 97.1 Å². The zero-order valence-electron chi connectivity index (χ0n) is 46.0. The molecule has 0 N–H and O–H groups in total. The minimum atomic E-state index is -6.13. The topological polar surface area (TPSA) is 47.2 Å². The van der Waals surface area contributed by atoms with Crippen LogP contribution in [-0.2, 0) is 56.0 Å². The molecule has 0 aliphatic rings. The maximum Gasteiger partial charge on any atom is 0.416 e. The van der Waals surface area contributed by atoms with E-state index in [1.54, 1.807) is 22.8 Å². The van der Waals surface area contributed by atoms with Crippen molar-refractivity contribution in [2.24, 2.45) is 0 Å². The summed E-state index contributed by atoms with van der Waals surface area (Å²) in [5.41, 5.74) is -28.5. The first-order valence-electron chi connectivity index (χ1n) is 26.4. The van der Waals surface area contributed by atoms with Gasteiger partial charge in [0.2, 0.25) is 17.8 Å². The summed E-state index contributed by atoms with van der Waals surface area (Å²) in [6.45, 7) is 0.0199. The van der Waals surface area contributed by atoms with Crippen LogP contribution in [0.1, 0.15) is 65.4 Å². The van der Waals surface area contributed by atoms with Crippen molar-refractivity contribution in [1.82, 2.24) is 0 Å². The molecule has 0 bridgehead atoms. The number of pyridine rings is 1. The molecule has 9 aromatic carbocycles. The highest BCUT2D eigenvalue weighted by Gasteiger charge is 2.47. The predicted octanol–water partition coefficient (Wildman–Crippen LogP) is 17.8. The fourth-order valence-electron chi connectivity index (χ4n) is 10.8. The van der Waals surface area contributed by atoms with Crippen molar-refractivity contribution < 1.29 is 124 Å². The van der Waals surface area contributed by atoms with Gasteiger partial charge in [-0.15, -0.1) is 0 Å². The molecule has 10 rings (SSSR count). The largest absolute Gasteiger partial charge is 0.417 e. The third-order valence-electron chi connectivity index (χ3n) is 14.9. The summed E-state index contributed by atoms with van der Waals surface area (Å²) in [4.78, 5) is 26.9. The minimum absolute atomic E-state index is 0.0199. The van der Waals surface area contributed by atoms with Gasteiger partial charge in [0.1, 0.15) is 11.9 Å². The highest BCUT2D eigenvalue weighted by Crippen LogP contribution is 2.42. The number of carbonyl (C=O) groups is 2. The molecular weight excluding hydrogens is 1300 g/mol. The van der Waals surface area contributed by atoms with E-state index in [0.29, 0.717) is 17.0 Å². The lowest BCUT2D eigenvalue weighted by Crippen LogP contribution is -2.75. The molecule has 0 aliphatic heterocycles. The molecule has 0 amide bonds. The number of fused-ring (bicyclic) bond motifs is 3. The third-order valence-corrected chi connectivity index (χ3v) is 14.9. The van der Waals surface area contributed by atoms with E-state index < -0.39 is 201 Å². The molecule has 0 saturated heterocycles. The van der Waals surface area contributed by atoms with Crippen LogP contribution in [0.2, 0.25) is 0 Å². The second-order valence-electron chi connectivity index (χ2n) is 20.9. The van der Waals surface area contributed by atoms with Gasteiger partial charge in [0.15, 0.2) is 0 Å². The van der Waals surface area contributed by atoms with E-state index in [4.69, 9.17) is 4.74 Å². The maximum atomic E-state index is 14.2. The van der Waals surface area contributed by atoms with Gasteiger partial charge in [0, 0.05) is 33.9 Å². The number of halogens is 24. The number of para-hydroxylation sites is 1. The Morgan fingerprint density at radius 3 is 0.935 bits per heavy atom. The Labute approximate surface area is 506 Å². The summed E-state index contributed by atoms with van der Waals surface area (Å²) in [7, 11) is 0. The van der Waals surface area contributed by atoms with Gasteiger partial charge in [-0.25, -0.2) is 4.79 Å². The zero-order valence-corrected chi connectivity index (χ0v) is 46.0. The van der Waals surface area contributed by atoms with Crippen molar-refractivity contribution in [1.29, 1.82) is 0 Å². The molecule has 1 aromatic heterocycles. The Hall–Kier alpha value is -9.57. The number of rotatable bonds is 9. The highest BCUT2D eigenvalue weighted by molar-refractivity contribution is 7.20. The summed E-state index contributed by atoms with van der Waals surface area (Å²) in [6.07, 6.45) is -54.8. The predicted molar refractivity (Wildman–Crippen MR) is 291 cm³/mol. The van der Waals surface area contributed by atoms with E-state index >= 15 is 0 Å². The molecule has 93 heavy (non-hydrogen) atoms. The monoisotopic (exact) mass is 1330 g/mol. The lowest BCUT2D eigenvalue weighted by molar-refractivity contribution is -0.659. The van der Waals surface area contributed by atoms with Crippen LogP contribution in [0, 0.1) is 0 Å². The van der Waals surface area contributed by atoms with Crippen LogP contribution in [0.15, 0.2) is 194 Å². The second-order valence-corrected chi connectivity index (χ2v) is 20.9. The lowest BCUT2D eigenvalue weighted by atomic mass is 9.12. The van der Waals surface area contributed by atoms with E-state index in [0.717, 1.165) is 32.4 Å². The van der Waals surface area contributed by atoms with Gasteiger partial charge in [-0.1, -0.05) is 140 Å². The van der Waals surface area contributed by atoms with Crippen molar-refractivity contribution in [3.05, 3.63) is 250 Å². The number of esters is 1. The Balaban J connectivity index is 0.000000241. The molecule has 0 radical (unpaired) electrons. The number of ether oxygens (including phenoxy) is 1. The summed E-state index contributed by atoms with van der Waals surface area (Å²) in [6, 6.07) is 29.5. The van der Waals surface area contributed by atoms with Gasteiger partial charge >= 0.3 is 55.4 Å². The van der Waals surface area contributed by atoms with E-state index in [9.17, 15) is 115 Å². The number of aromatic nitrogens is 1. The number of ketones is 1. The average molecular weight is 1330 g/mol. The van der Waals surface area contributed by atoms with Gasteiger partial charge in [0.25, 0.3) is 5.69 Å². The molecule has 0 aliphatic carbocycles. The summed E-state index contributed by atoms with van der Waals surface area (Å²) >= 11 is 0. The lowest BCUT2D eigenvalue weighted by Gasteiger charge is -2.46. The van der Waals surface area contributed by atoms with Crippen LogP contribution >= 0.6 is 0 Å². The molecule has 29 heteroatoms. The average Bonchev–Trinajstić information content (AvgIpc) is 0.710. The molecule has 484 valence electrons. The van der Waals surface area contributed by atoms with Crippen molar-refractivity contribution in [3.8, 4) is 5.75 Å². The molecule has 0 fully saturated rings. The minimum Gasteiger partial charge on any atom is -0.417 e. The van der Waals surface area contributed by atoms with Gasteiger partial charge in [-0.2, -0.15) is 132 Å². The standard InChI is InChI=1S/C32H12BF24.C32H22NO3/c34-25(35,36)13-1-14(26(37,38)39)6-21(5-13)33(22-7-15(27(40,41)42)2-16(8-22)28(43,44)45,23-9-17(29(46,47)48)3-18(10-23)30(49,50)51)24-11-19(31(52,53)54)4-20(12-24)32(55,56)57;34-30(23-11-2-1-3-12-23)21-33-28-17-9-6-10-22(28)18-19-29(33)32(35)36-31-26-15-7-4-13-24(26)20-25-14-5-8-16-27(25)31/h1-12H;1-20H,21H2/q-1;+1. The van der Waals surface area contributed by atoms with Gasteiger partial charge in [-0.05, 0) is 53.2 Å². The number of hydrogen-bond acceptors (Lipinski definition) is 3. The fourth-order valence-corrected chi connectivity index (χ4v) is 10.8. The Bertz CT molecular complexity index is 4010. The summed E-state index contributed by atoms with van der Waals surface area (Å²) in [5, 5.41) is 4.63. The Kier molecular flexibility index (Phi) is 17.6. The van der Waals surface area contributed by atoms with Gasteiger partial charge in [0.05, 0.1) is 44.5 Å². The highest BCUT2D eigenvalue weighted by atomic mass is 19.4. The number of benzene rings is 9. The molecule has 0 unspecified atom stereocenters. The van der Waals surface area contributed by atoms with Crippen molar-refractivity contribution in [3.63, 3.8) is 0 Å². The van der Waals surface area contributed by atoms with Crippen LogP contribution in [0.3, 0.4) is 0 Å². The maximum absolute atomic E-state index is 14.2. The van der Waals surface area contributed by atoms with Gasteiger partial charge < -0.3 is 4.74 Å². The summed E-state index contributed by atoms with van der Waals surface area (Å²) in [5.74, 6) is -0.0764. The van der Waals surface area contributed by atoms with Crippen LogP contribution in [0.25, 0.3) is 32.4 Å². The number of alkyl halides is 24. The first-order chi connectivity index (χ1) is 42.9. The van der Waals surface area contributed by atoms with Crippen molar-refractivity contribution >= 4 is 72.2 Å². The molecule has 0 spiro atoms. The molecule has 1 heterocycles. The number of nitrogens with zero attached hydrogens (tertiary/aromatic N) is 1. The first kappa shape index (κ1) is 67.8. The molecular formula is C64H34BF24NO3. The number of hydrogen-bond donors (Lipinski definition) is 0. The number of carbonyl (C=O) groups excluding carboxylic acids is 2. The van der Waals surface area contributed by atoms with Crippen LogP contribution in [-0.4, -0.2) is 17.9 Å². The SMILES string of the molecule is FC(F)(F)c1cc([B-](c2cc(C(F)(F)F)cc(C(F)(F)F)c2)(c2cc(C(F)(F)F)cc(C(F)(F)F)c2)c2cc(C(F)(F)F)cc(C(F)(F)F)c2)cc(C(F)(F)F)c1.O=C(C[n+]1c(C(=O)Oc2c3ccccc3cc3ccccc23)ccc2ccccc21)c1ccccc1. The Morgan fingerprint density at radius 2 is 0.613 bits per heavy atom. The van der Waals surface area contributed by atoms with E-state index in [2.05, 4.69) is 6.07 Å². The fraction of sp³-hybridized carbons (Fsp3) is 0.141. The van der Waals surface area contributed by atoms with E-state index in [1.165, 1.54) is 0 Å². The molecule has 4 nitrogen and oxygen atoms in total. The van der Waals surface area contributed by atoms with Crippen molar-refractivity contribution in [2.45, 2.75) is 56.0 Å². The van der Waals surface area contributed by atoms with Crippen LogP contribution in [0.5, 0.6) is 5.75 Å². The molecule has 10 aromatic rings. The summed E-state index contributed by atoms with van der Waals surface area (Å²) < 4.78 is 349. The second kappa shape index (κ2) is 24.2. The van der Waals surface area contributed by atoms with Gasteiger partial charge in [-0.3, -0.25) is 4.79 Å². The Morgan fingerprint density at radius 1 is 0.323 bits per heavy atom. The zero-order chi connectivity index (χ0) is 68.4. The third kappa shape index (κ3) is 14.4. The van der Waals surface area contributed by atoms with Crippen LogP contribution in [0.4, 0.5) is 105 Å².